The smallest absolute Gasteiger partial charge is 0.162 e. The highest BCUT2D eigenvalue weighted by atomic mass is 35.5. The lowest BCUT2D eigenvalue weighted by Crippen LogP contribution is -2.26. The molecule has 0 aromatic heterocycles. The molecule has 1 heterocycles. The quantitative estimate of drug-likeness (QED) is 0.877. The van der Waals surface area contributed by atoms with E-state index in [0.29, 0.717) is 22.9 Å². The maximum absolute atomic E-state index is 9.35. The molecule has 0 bridgehead atoms. The Kier molecular flexibility index (Phi) is 5.52. The molecule has 1 aliphatic heterocycles. The summed E-state index contributed by atoms with van der Waals surface area (Å²) in [5.74, 6) is 1.31. The van der Waals surface area contributed by atoms with Gasteiger partial charge in [-0.2, -0.15) is 0 Å². The van der Waals surface area contributed by atoms with Gasteiger partial charge in [0.2, 0.25) is 0 Å². The summed E-state index contributed by atoms with van der Waals surface area (Å²) in [6.07, 6.45) is 3.08. The number of methoxy groups -OCH3 is 2. The first-order valence-electron chi connectivity index (χ1n) is 6.97. The van der Waals surface area contributed by atoms with Crippen molar-refractivity contribution in [2.24, 2.45) is 0 Å². The molecule has 4 nitrogen and oxygen atoms in total. The normalized spacial score (nSPS) is 17.2. The Morgan fingerprint density at radius 2 is 1.80 bits per heavy atom. The maximum atomic E-state index is 9.35. The fourth-order valence-electron chi connectivity index (χ4n) is 2.84. The van der Waals surface area contributed by atoms with Crippen LogP contribution in [0, 0.1) is 0 Å². The van der Waals surface area contributed by atoms with Crippen LogP contribution in [0.1, 0.15) is 30.9 Å². The fourth-order valence-corrected chi connectivity index (χ4v) is 3.12. The number of benzene rings is 1. The first kappa shape index (κ1) is 15.4. The Bertz CT molecular complexity index is 447. The number of hydrogen-bond acceptors (Lipinski definition) is 4. The van der Waals surface area contributed by atoms with Gasteiger partial charge in [0.25, 0.3) is 0 Å². The second-order valence-electron chi connectivity index (χ2n) is 5.00. The van der Waals surface area contributed by atoms with E-state index in [2.05, 4.69) is 4.90 Å². The van der Waals surface area contributed by atoms with E-state index in [0.717, 1.165) is 18.7 Å². The summed E-state index contributed by atoms with van der Waals surface area (Å²) in [4.78, 5) is 2.38. The van der Waals surface area contributed by atoms with Gasteiger partial charge in [-0.15, -0.1) is 0 Å². The van der Waals surface area contributed by atoms with Gasteiger partial charge in [0.05, 0.1) is 14.2 Å². The highest BCUT2D eigenvalue weighted by Crippen LogP contribution is 2.39. The lowest BCUT2D eigenvalue weighted by atomic mass is 10.0. The van der Waals surface area contributed by atoms with Crippen molar-refractivity contribution in [3.63, 3.8) is 0 Å². The van der Waals surface area contributed by atoms with Crippen molar-refractivity contribution in [2.75, 3.05) is 33.9 Å². The Balaban J connectivity index is 2.36. The summed E-state index contributed by atoms with van der Waals surface area (Å²) in [5.41, 5.74) is 1.00. The van der Waals surface area contributed by atoms with E-state index in [1.165, 1.54) is 12.8 Å². The van der Waals surface area contributed by atoms with Crippen LogP contribution in [-0.2, 0) is 0 Å². The van der Waals surface area contributed by atoms with Gasteiger partial charge in [-0.05, 0) is 44.0 Å². The molecule has 112 valence electrons. The predicted octanol–water partition coefficient (Wildman–Crippen LogP) is 2.88. The van der Waals surface area contributed by atoms with E-state index in [1.807, 2.05) is 6.07 Å². The molecule has 1 fully saturated rings. The standard InChI is InChI=1S/C15H22ClNO3/c1-19-14-9-11(12(16)10-15(14)20-2)13(5-8-18)17-6-3-4-7-17/h9-10,13,18H,3-8H2,1-2H3. The Morgan fingerprint density at radius 3 is 2.35 bits per heavy atom. The highest BCUT2D eigenvalue weighted by molar-refractivity contribution is 6.31. The molecule has 0 aliphatic carbocycles. The number of aliphatic hydroxyl groups excluding tert-OH is 1. The zero-order chi connectivity index (χ0) is 14.5. The molecule has 0 radical (unpaired) electrons. The number of likely N-dealkylation sites (tertiary alicyclic amines) is 1. The van der Waals surface area contributed by atoms with Crippen LogP contribution in [-0.4, -0.2) is 43.9 Å². The second-order valence-corrected chi connectivity index (χ2v) is 5.41. The Hall–Kier alpha value is -0.970. The molecule has 1 N–H and O–H groups in total. The van der Waals surface area contributed by atoms with Gasteiger partial charge in [0.1, 0.15) is 0 Å². The van der Waals surface area contributed by atoms with Crippen molar-refractivity contribution >= 4 is 11.6 Å². The van der Waals surface area contributed by atoms with E-state index >= 15 is 0 Å². The van der Waals surface area contributed by atoms with Crippen molar-refractivity contribution in [3.05, 3.63) is 22.7 Å². The van der Waals surface area contributed by atoms with Gasteiger partial charge < -0.3 is 14.6 Å². The average Bonchev–Trinajstić information content (AvgIpc) is 2.98. The molecular weight excluding hydrogens is 278 g/mol. The van der Waals surface area contributed by atoms with Crippen LogP contribution in [0.15, 0.2) is 12.1 Å². The van der Waals surface area contributed by atoms with Crippen molar-refractivity contribution in [3.8, 4) is 11.5 Å². The number of hydrogen-bond donors (Lipinski definition) is 1. The monoisotopic (exact) mass is 299 g/mol. The molecule has 1 atom stereocenters. The largest absolute Gasteiger partial charge is 0.493 e. The molecule has 1 unspecified atom stereocenters. The van der Waals surface area contributed by atoms with E-state index in [4.69, 9.17) is 21.1 Å². The predicted molar refractivity (Wildman–Crippen MR) is 79.8 cm³/mol. The minimum atomic E-state index is 0.134. The lowest BCUT2D eigenvalue weighted by Gasteiger charge is -2.28. The van der Waals surface area contributed by atoms with Crippen molar-refractivity contribution in [1.29, 1.82) is 0 Å². The van der Waals surface area contributed by atoms with Gasteiger partial charge in [0.15, 0.2) is 11.5 Å². The molecule has 0 saturated carbocycles. The van der Waals surface area contributed by atoms with Crippen LogP contribution < -0.4 is 9.47 Å². The first-order chi connectivity index (χ1) is 9.71. The van der Waals surface area contributed by atoms with Crippen LogP contribution >= 0.6 is 11.6 Å². The number of halogens is 1. The van der Waals surface area contributed by atoms with Crippen LogP contribution in [0.25, 0.3) is 0 Å². The minimum Gasteiger partial charge on any atom is -0.493 e. The molecule has 1 aromatic rings. The van der Waals surface area contributed by atoms with Crippen molar-refractivity contribution in [2.45, 2.75) is 25.3 Å². The van der Waals surface area contributed by atoms with Crippen LogP contribution in [0.5, 0.6) is 11.5 Å². The Morgan fingerprint density at radius 1 is 1.20 bits per heavy atom. The summed E-state index contributed by atoms with van der Waals surface area (Å²) in [6.45, 7) is 2.25. The second kappa shape index (κ2) is 7.16. The molecular formula is C15H22ClNO3. The SMILES string of the molecule is COc1cc(Cl)c(C(CCO)N2CCCC2)cc1OC. The van der Waals surface area contributed by atoms with Gasteiger partial charge in [-0.1, -0.05) is 11.6 Å². The van der Waals surface area contributed by atoms with Gasteiger partial charge in [0, 0.05) is 23.7 Å². The average molecular weight is 300 g/mol. The zero-order valence-corrected chi connectivity index (χ0v) is 12.8. The summed E-state index contributed by atoms with van der Waals surface area (Å²) < 4.78 is 10.6. The van der Waals surface area contributed by atoms with Gasteiger partial charge >= 0.3 is 0 Å². The van der Waals surface area contributed by atoms with E-state index in [-0.39, 0.29) is 12.6 Å². The topological polar surface area (TPSA) is 41.9 Å². The van der Waals surface area contributed by atoms with E-state index in [9.17, 15) is 5.11 Å². The zero-order valence-electron chi connectivity index (χ0n) is 12.1. The number of nitrogens with zero attached hydrogens (tertiary/aromatic N) is 1. The fraction of sp³-hybridized carbons (Fsp3) is 0.600. The van der Waals surface area contributed by atoms with Gasteiger partial charge in [-0.25, -0.2) is 0 Å². The summed E-state index contributed by atoms with van der Waals surface area (Å²) in [7, 11) is 3.21. The molecule has 0 amide bonds. The van der Waals surface area contributed by atoms with Crippen LogP contribution in [0.4, 0.5) is 0 Å². The molecule has 5 heteroatoms. The molecule has 1 aromatic carbocycles. The van der Waals surface area contributed by atoms with E-state index in [1.54, 1.807) is 20.3 Å². The molecule has 1 aliphatic rings. The van der Waals surface area contributed by atoms with Gasteiger partial charge in [-0.3, -0.25) is 4.90 Å². The number of aliphatic hydroxyl groups is 1. The van der Waals surface area contributed by atoms with Crippen molar-refractivity contribution in [1.82, 2.24) is 4.90 Å². The molecule has 2 rings (SSSR count). The van der Waals surface area contributed by atoms with Crippen LogP contribution in [0.3, 0.4) is 0 Å². The highest BCUT2D eigenvalue weighted by Gasteiger charge is 2.26. The third kappa shape index (κ3) is 3.19. The Labute approximate surface area is 125 Å². The number of ether oxygens (including phenoxy) is 2. The van der Waals surface area contributed by atoms with Crippen molar-refractivity contribution < 1.29 is 14.6 Å². The summed E-state index contributed by atoms with van der Waals surface area (Å²) >= 11 is 6.40. The third-order valence-electron chi connectivity index (χ3n) is 3.85. The molecule has 0 spiro atoms. The maximum Gasteiger partial charge on any atom is 0.162 e. The molecule has 20 heavy (non-hydrogen) atoms. The molecule has 1 saturated heterocycles. The van der Waals surface area contributed by atoms with Crippen LogP contribution in [0.2, 0.25) is 5.02 Å². The third-order valence-corrected chi connectivity index (χ3v) is 4.17. The first-order valence-corrected chi connectivity index (χ1v) is 7.35. The van der Waals surface area contributed by atoms with E-state index < -0.39 is 0 Å². The minimum absolute atomic E-state index is 0.134. The lowest BCUT2D eigenvalue weighted by molar-refractivity contribution is 0.185. The summed E-state index contributed by atoms with van der Waals surface area (Å²) in [6, 6.07) is 3.85. The summed E-state index contributed by atoms with van der Waals surface area (Å²) in [5, 5.41) is 10.0. The number of rotatable bonds is 6.